The van der Waals surface area contributed by atoms with E-state index in [1.807, 2.05) is 23.1 Å². The minimum absolute atomic E-state index is 1.11. The van der Waals surface area contributed by atoms with Gasteiger partial charge in [0.25, 0.3) is 4.20 Å². The summed E-state index contributed by atoms with van der Waals surface area (Å²) in [7, 11) is 0. The molecule has 0 fully saturated rings. The summed E-state index contributed by atoms with van der Waals surface area (Å²) in [5, 5.41) is 2.73. The van der Waals surface area contributed by atoms with Gasteiger partial charge in [0.2, 0.25) is 0 Å². The molecule has 0 N–H and O–H groups in total. The SMILES string of the molecule is CCc1ccc2cc(C3=[S+]CCCS3)ccc2c1. The molecule has 2 aromatic rings. The Bertz CT molecular complexity index is 599. The second kappa shape index (κ2) is 5.41. The quantitative estimate of drug-likeness (QED) is 0.586. The van der Waals surface area contributed by atoms with Crippen LogP contribution in [0.2, 0.25) is 0 Å². The molecule has 0 amide bonds. The van der Waals surface area contributed by atoms with E-state index in [0.29, 0.717) is 0 Å². The Balaban J connectivity index is 2.03. The number of rotatable bonds is 2. The monoisotopic (exact) mass is 273 g/mol. The van der Waals surface area contributed by atoms with Gasteiger partial charge >= 0.3 is 0 Å². The van der Waals surface area contributed by atoms with Crippen molar-refractivity contribution in [2.24, 2.45) is 0 Å². The molecule has 1 aliphatic rings. The van der Waals surface area contributed by atoms with E-state index in [1.165, 1.54) is 44.0 Å². The molecule has 0 radical (unpaired) electrons. The van der Waals surface area contributed by atoms with Crippen molar-refractivity contribution >= 4 is 38.1 Å². The van der Waals surface area contributed by atoms with Gasteiger partial charge in [0.1, 0.15) is 0 Å². The van der Waals surface area contributed by atoms with Gasteiger partial charge < -0.3 is 0 Å². The van der Waals surface area contributed by atoms with E-state index < -0.39 is 0 Å². The molecule has 3 rings (SSSR count). The summed E-state index contributed by atoms with van der Waals surface area (Å²) in [6.07, 6.45) is 2.45. The van der Waals surface area contributed by atoms with Gasteiger partial charge in [-0.25, -0.2) is 0 Å². The maximum Gasteiger partial charge on any atom is 0.265 e. The van der Waals surface area contributed by atoms with Crippen LogP contribution in [0.25, 0.3) is 10.8 Å². The van der Waals surface area contributed by atoms with Crippen molar-refractivity contribution in [2.75, 3.05) is 11.5 Å². The lowest BCUT2D eigenvalue weighted by Gasteiger charge is -2.05. The van der Waals surface area contributed by atoms with Gasteiger partial charge in [0.15, 0.2) is 17.1 Å². The standard InChI is InChI=1S/C16H17S2/c1-2-12-4-5-14-11-15(7-6-13(14)10-12)16-17-8-3-9-18-16/h4-7,10-11H,2-3,8-9H2,1H3/q+1. The largest absolute Gasteiger partial charge is 0.265 e. The second-order valence-corrected chi connectivity index (χ2v) is 7.06. The van der Waals surface area contributed by atoms with Crippen molar-refractivity contribution in [3.05, 3.63) is 47.5 Å². The van der Waals surface area contributed by atoms with Crippen molar-refractivity contribution in [1.29, 1.82) is 0 Å². The Labute approximate surface area is 117 Å². The zero-order valence-electron chi connectivity index (χ0n) is 10.6. The molecule has 0 aliphatic carbocycles. The summed E-state index contributed by atoms with van der Waals surface area (Å²) < 4.78 is 1.50. The van der Waals surface area contributed by atoms with Crippen LogP contribution in [0.5, 0.6) is 0 Å². The molecule has 2 heteroatoms. The molecular formula is C16H17S2+. The Morgan fingerprint density at radius 3 is 2.72 bits per heavy atom. The van der Waals surface area contributed by atoms with Crippen molar-refractivity contribution in [3.8, 4) is 0 Å². The molecular weight excluding hydrogens is 256 g/mol. The fourth-order valence-electron chi connectivity index (χ4n) is 2.24. The molecule has 2 aromatic carbocycles. The lowest BCUT2D eigenvalue weighted by Crippen LogP contribution is -2.06. The van der Waals surface area contributed by atoms with E-state index >= 15 is 0 Å². The zero-order chi connectivity index (χ0) is 12.4. The molecule has 92 valence electrons. The number of benzene rings is 2. The summed E-state index contributed by atoms with van der Waals surface area (Å²) in [6, 6.07) is 13.7. The molecule has 1 heterocycles. The highest BCUT2D eigenvalue weighted by molar-refractivity contribution is 8.23. The Kier molecular flexibility index (Phi) is 3.67. The van der Waals surface area contributed by atoms with Crippen LogP contribution in [0.15, 0.2) is 36.4 Å². The number of thioether (sulfide) groups is 1. The van der Waals surface area contributed by atoms with Crippen LogP contribution >= 0.6 is 11.8 Å². The first-order chi connectivity index (χ1) is 8.86. The predicted molar refractivity (Wildman–Crippen MR) is 86.7 cm³/mol. The van der Waals surface area contributed by atoms with Crippen LogP contribution in [-0.4, -0.2) is 15.7 Å². The molecule has 0 saturated heterocycles. The van der Waals surface area contributed by atoms with Crippen LogP contribution in [0, 0.1) is 0 Å². The molecule has 0 nitrogen and oxygen atoms in total. The normalized spacial score (nSPS) is 15.7. The van der Waals surface area contributed by atoms with Crippen LogP contribution in [-0.2, 0) is 17.8 Å². The fourth-order valence-corrected chi connectivity index (χ4v) is 4.79. The zero-order valence-corrected chi connectivity index (χ0v) is 12.2. The maximum atomic E-state index is 2.34. The number of hydrogen-bond acceptors (Lipinski definition) is 1. The van der Waals surface area contributed by atoms with Gasteiger partial charge in [-0.05, 0) is 34.9 Å². The van der Waals surface area contributed by atoms with Crippen molar-refractivity contribution < 1.29 is 0 Å². The van der Waals surface area contributed by atoms with Gasteiger partial charge in [0, 0.05) is 17.7 Å². The van der Waals surface area contributed by atoms with Crippen LogP contribution in [0.3, 0.4) is 0 Å². The first-order valence-electron chi connectivity index (χ1n) is 6.52. The smallest absolute Gasteiger partial charge is 0.0643 e. The van der Waals surface area contributed by atoms with Gasteiger partial charge in [-0.3, -0.25) is 0 Å². The number of aryl methyl sites for hydroxylation is 1. The highest BCUT2D eigenvalue weighted by Crippen LogP contribution is 2.23. The lowest BCUT2D eigenvalue weighted by atomic mass is 10.0. The third-order valence-corrected chi connectivity index (χ3v) is 5.99. The Morgan fingerprint density at radius 2 is 1.94 bits per heavy atom. The molecule has 0 atom stereocenters. The second-order valence-electron chi connectivity index (χ2n) is 4.59. The molecule has 0 saturated carbocycles. The van der Waals surface area contributed by atoms with Crippen molar-refractivity contribution in [1.82, 2.24) is 0 Å². The lowest BCUT2D eigenvalue weighted by molar-refractivity contribution is 1.13. The summed E-state index contributed by atoms with van der Waals surface area (Å²) in [5.41, 5.74) is 2.82. The van der Waals surface area contributed by atoms with Gasteiger partial charge in [0.05, 0.1) is 0 Å². The minimum atomic E-state index is 1.11. The average molecular weight is 273 g/mol. The molecule has 0 spiro atoms. The summed E-state index contributed by atoms with van der Waals surface area (Å²) in [5.74, 6) is 2.55. The third kappa shape index (κ3) is 2.45. The van der Waals surface area contributed by atoms with Crippen LogP contribution in [0.4, 0.5) is 0 Å². The van der Waals surface area contributed by atoms with Crippen LogP contribution in [0.1, 0.15) is 24.5 Å². The van der Waals surface area contributed by atoms with E-state index in [2.05, 4.69) is 43.3 Å². The van der Waals surface area contributed by atoms with E-state index in [-0.39, 0.29) is 0 Å². The fraction of sp³-hybridized carbons (Fsp3) is 0.312. The topological polar surface area (TPSA) is 0 Å². The first kappa shape index (κ1) is 12.2. The third-order valence-electron chi connectivity index (χ3n) is 3.30. The Hall–Kier alpha value is -0.860. The molecule has 18 heavy (non-hydrogen) atoms. The number of hydrogen-bond donors (Lipinski definition) is 0. The predicted octanol–water partition coefficient (Wildman–Crippen LogP) is 4.10. The molecule has 0 unspecified atom stereocenters. The molecule has 0 aromatic heterocycles. The molecule has 1 aliphatic heterocycles. The summed E-state index contributed by atoms with van der Waals surface area (Å²) >= 11 is 4.02. The Morgan fingerprint density at radius 1 is 1.11 bits per heavy atom. The maximum absolute atomic E-state index is 2.34. The van der Waals surface area contributed by atoms with Crippen molar-refractivity contribution in [3.63, 3.8) is 0 Å². The van der Waals surface area contributed by atoms with Crippen LogP contribution < -0.4 is 0 Å². The van der Waals surface area contributed by atoms with Gasteiger partial charge in [-0.2, -0.15) is 0 Å². The van der Waals surface area contributed by atoms with E-state index in [1.54, 1.807) is 0 Å². The van der Waals surface area contributed by atoms with E-state index in [4.69, 9.17) is 0 Å². The van der Waals surface area contributed by atoms with Gasteiger partial charge in [-0.1, -0.05) is 43.0 Å². The highest BCUT2D eigenvalue weighted by atomic mass is 32.2. The molecule has 0 bridgehead atoms. The van der Waals surface area contributed by atoms with Crippen molar-refractivity contribution in [2.45, 2.75) is 19.8 Å². The van der Waals surface area contributed by atoms with E-state index in [9.17, 15) is 0 Å². The van der Waals surface area contributed by atoms with Gasteiger partial charge in [-0.15, -0.1) is 0 Å². The average Bonchev–Trinajstić information content (AvgIpc) is 2.47. The summed E-state index contributed by atoms with van der Waals surface area (Å²) in [6.45, 7) is 2.21. The number of fused-ring (bicyclic) bond motifs is 1. The summed E-state index contributed by atoms with van der Waals surface area (Å²) in [4.78, 5) is 0. The first-order valence-corrected chi connectivity index (χ1v) is 8.49. The van der Waals surface area contributed by atoms with E-state index in [0.717, 1.165) is 6.42 Å². The highest BCUT2D eigenvalue weighted by Gasteiger charge is 2.19. The minimum Gasteiger partial charge on any atom is -0.0643 e.